The second-order valence-corrected chi connectivity index (χ2v) is 4.44. The lowest BCUT2D eigenvalue weighted by Gasteiger charge is -2.19. The average Bonchev–Trinajstić information content (AvgIpc) is 2.09. The summed E-state index contributed by atoms with van der Waals surface area (Å²) < 4.78 is 5.01. The van der Waals surface area contributed by atoms with Gasteiger partial charge in [0.15, 0.2) is 0 Å². The SMILES string of the molecule is CC(C)(C)OC(=O)NCCC/C(Cl)=N/O. The van der Waals surface area contributed by atoms with Gasteiger partial charge in [0.1, 0.15) is 10.8 Å². The fourth-order valence-electron chi connectivity index (χ4n) is 0.789. The molecule has 0 aliphatic heterocycles. The van der Waals surface area contributed by atoms with E-state index in [1.54, 1.807) is 20.8 Å². The van der Waals surface area contributed by atoms with E-state index in [0.29, 0.717) is 19.4 Å². The quantitative estimate of drug-likeness (QED) is 0.341. The van der Waals surface area contributed by atoms with Gasteiger partial charge in [-0.15, -0.1) is 0 Å². The van der Waals surface area contributed by atoms with Crippen LogP contribution < -0.4 is 5.32 Å². The zero-order chi connectivity index (χ0) is 11.9. The van der Waals surface area contributed by atoms with Crippen LogP contribution in [0.4, 0.5) is 4.79 Å². The Bertz CT molecular complexity index is 236. The third-order valence-corrected chi connectivity index (χ3v) is 1.60. The molecule has 0 atom stereocenters. The third-order valence-electron chi connectivity index (χ3n) is 1.34. The van der Waals surface area contributed by atoms with Crippen molar-refractivity contribution in [1.29, 1.82) is 0 Å². The average molecular weight is 237 g/mol. The maximum Gasteiger partial charge on any atom is 0.407 e. The number of nitrogens with one attached hydrogen (secondary N) is 1. The van der Waals surface area contributed by atoms with E-state index in [1.807, 2.05) is 0 Å². The Morgan fingerprint density at radius 1 is 1.53 bits per heavy atom. The molecular weight excluding hydrogens is 220 g/mol. The predicted molar refractivity (Wildman–Crippen MR) is 58.5 cm³/mol. The van der Waals surface area contributed by atoms with E-state index >= 15 is 0 Å². The second kappa shape index (κ2) is 6.50. The maximum absolute atomic E-state index is 11.1. The lowest BCUT2D eigenvalue weighted by molar-refractivity contribution is 0.0527. The summed E-state index contributed by atoms with van der Waals surface area (Å²) in [5, 5.41) is 13.7. The molecule has 0 aromatic carbocycles. The van der Waals surface area contributed by atoms with Crippen LogP contribution in [0, 0.1) is 0 Å². The number of halogens is 1. The van der Waals surface area contributed by atoms with Crippen molar-refractivity contribution in [3.8, 4) is 0 Å². The molecule has 88 valence electrons. The van der Waals surface area contributed by atoms with Crippen LogP contribution in [0.25, 0.3) is 0 Å². The minimum atomic E-state index is -0.492. The summed E-state index contributed by atoms with van der Waals surface area (Å²) in [5.41, 5.74) is -0.492. The number of rotatable bonds is 4. The topological polar surface area (TPSA) is 70.9 Å². The van der Waals surface area contributed by atoms with Crippen molar-refractivity contribution in [2.75, 3.05) is 6.54 Å². The molecule has 0 fully saturated rings. The van der Waals surface area contributed by atoms with Crippen molar-refractivity contribution >= 4 is 22.9 Å². The zero-order valence-electron chi connectivity index (χ0n) is 9.21. The molecule has 6 heteroatoms. The second-order valence-electron chi connectivity index (χ2n) is 4.01. The number of hydrogen-bond acceptors (Lipinski definition) is 4. The number of carbonyl (C=O) groups is 1. The molecule has 0 bridgehead atoms. The Hall–Kier alpha value is -0.970. The normalized spacial score (nSPS) is 12.4. The Morgan fingerprint density at radius 2 is 2.13 bits per heavy atom. The summed E-state index contributed by atoms with van der Waals surface area (Å²) in [6, 6.07) is 0. The molecule has 0 aromatic rings. The number of amides is 1. The number of ether oxygens (including phenoxy) is 1. The molecule has 0 aromatic heterocycles. The van der Waals surface area contributed by atoms with Gasteiger partial charge in [0.2, 0.25) is 0 Å². The van der Waals surface area contributed by atoms with Crippen molar-refractivity contribution in [3.63, 3.8) is 0 Å². The van der Waals surface area contributed by atoms with Gasteiger partial charge in [-0.2, -0.15) is 0 Å². The van der Waals surface area contributed by atoms with Crippen LogP contribution in [0.3, 0.4) is 0 Å². The summed E-state index contributed by atoms with van der Waals surface area (Å²) >= 11 is 5.44. The molecule has 0 rings (SSSR count). The first-order chi connectivity index (χ1) is 6.85. The smallest absolute Gasteiger partial charge is 0.407 e. The highest BCUT2D eigenvalue weighted by Gasteiger charge is 2.15. The summed E-state index contributed by atoms with van der Waals surface area (Å²) in [6.45, 7) is 5.81. The van der Waals surface area contributed by atoms with Gasteiger partial charge in [0.05, 0.1) is 0 Å². The maximum atomic E-state index is 11.1. The van der Waals surface area contributed by atoms with Crippen molar-refractivity contribution in [3.05, 3.63) is 0 Å². The number of hydrogen-bond donors (Lipinski definition) is 2. The van der Waals surface area contributed by atoms with E-state index in [0.717, 1.165) is 0 Å². The summed E-state index contributed by atoms with van der Waals surface area (Å²) in [7, 11) is 0. The highest BCUT2D eigenvalue weighted by Crippen LogP contribution is 2.06. The van der Waals surface area contributed by atoms with Crippen molar-refractivity contribution in [2.24, 2.45) is 5.16 Å². The van der Waals surface area contributed by atoms with Crippen LogP contribution in [0.1, 0.15) is 33.6 Å². The Kier molecular flexibility index (Phi) is 6.08. The molecule has 0 saturated heterocycles. The summed E-state index contributed by atoms with van der Waals surface area (Å²) in [5.74, 6) is 0. The lowest BCUT2D eigenvalue weighted by atomic mass is 10.2. The number of oxime groups is 1. The molecule has 15 heavy (non-hydrogen) atoms. The van der Waals surface area contributed by atoms with E-state index in [4.69, 9.17) is 21.5 Å². The number of carbonyl (C=O) groups excluding carboxylic acids is 1. The number of alkyl carbamates (subject to hydrolysis) is 1. The van der Waals surface area contributed by atoms with Crippen LogP contribution in [-0.4, -0.2) is 28.6 Å². The summed E-state index contributed by atoms with van der Waals surface area (Å²) in [6.07, 6.45) is 0.565. The molecule has 2 N–H and O–H groups in total. The van der Waals surface area contributed by atoms with Gasteiger partial charge in [0.25, 0.3) is 0 Å². The Morgan fingerprint density at radius 3 is 2.60 bits per heavy atom. The molecule has 0 heterocycles. The van der Waals surface area contributed by atoms with Crippen LogP contribution in [0.2, 0.25) is 0 Å². The van der Waals surface area contributed by atoms with E-state index in [9.17, 15) is 4.79 Å². The third kappa shape index (κ3) is 9.34. The first kappa shape index (κ1) is 14.0. The van der Waals surface area contributed by atoms with Gasteiger partial charge >= 0.3 is 6.09 Å². The fraction of sp³-hybridized carbons (Fsp3) is 0.778. The van der Waals surface area contributed by atoms with Gasteiger partial charge in [-0.1, -0.05) is 16.8 Å². The molecule has 1 amide bonds. The van der Waals surface area contributed by atoms with Crippen molar-refractivity contribution in [2.45, 2.75) is 39.2 Å². The predicted octanol–water partition coefficient (Wildman–Crippen LogP) is 2.32. The molecule has 0 saturated carbocycles. The fourth-order valence-corrected chi connectivity index (χ4v) is 0.923. The van der Waals surface area contributed by atoms with Gasteiger partial charge in [-0.25, -0.2) is 4.79 Å². The van der Waals surface area contributed by atoms with E-state index in [-0.39, 0.29) is 5.17 Å². The van der Waals surface area contributed by atoms with Crippen molar-refractivity contribution < 1.29 is 14.7 Å². The van der Waals surface area contributed by atoms with Gasteiger partial charge in [-0.3, -0.25) is 0 Å². The first-order valence-corrected chi connectivity index (χ1v) is 5.06. The molecule has 0 unspecified atom stereocenters. The minimum absolute atomic E-state index is 0.126. The van der Waals surface area contributed by atoms with E-state index in [2.05, 4.69) is 10.5 Å². The van der Waals surface area contributed by atoms with Gasteiger partial charge < -0.3 is 15.3 Å². The molecule has 0 spiro atoms. The van der Waals surface area contributed by atoms with Gasteiger partial charge in [-0.05, 0) is 27.2 Å². The van der Waals surface area contributed by atoms with Crippen LogP contribution in [0.5, 0.6) is 0 Å². The largest absolute Gasteiger partial charge is 0.444 e. The Balaban J connectivity index is 3.57. The monoisotopic (exact) mass is 236 g/mol. The first-order valence-electron chi connectivity index (χ1n) is 4.68. The molecular formula is C9H17ClN2O3. The van der Waals surface area contributed by atoms with Gasteiger partial charge in [0, 0.05) is 13.0 Å². The minimum Gasteiger partial charge on any atom is -0.444 e. The van der Waals surface area contributed by atoms with Crippen LogP contribution >= 0.6 is 11.6 Å². The number of nitrogens with zero attached hydrogens (tertiary/aromatic N) is 1. The molecule has 5 nitrogen and oxygen atoms in total. The Labute approximate surface area is 94.4 Å². The molecule has 0 aliphatic rings. The lowest BCUT2D eigenvalue weighted by Crippen LogP contribution is -2.33. The van der Waals surface area contributed by atoms with Crippen LogP contribution in [-0.2, 0) is 4.74 Å². The zero-order valence-corrected chi connectivity index (χ0v) is 9.97. The standard InChI is InChI=1S/C9H17ClN2O3/c1-9(2,3)15-8(13)11-6-4-5-7(10)12-14/h14H,4-6H2,1-3H3,(H,11,13)/b12-7-. The highest BCUT2D eigenvalue weighted by atomic mass is 35.5. The van der Waals surface area contributed by atoms with Crippen molar-refractivity contribution in [1.82, 2.24) is 5.32 Å². The van der Waals surface area contributed by atoms with E-state index in [1.165, 1.54) is 0 Å². The molecule has 0 aliphatic carbocycles. The van der Waals surface area contributed by atoms with E-state index < -0.39 is 11.7 Å². The highest BCUT2D eigenvalue weighted by molar-refractivity contribution is 6.65. The van der Waals surface area contributed by atoms with Crippen LogP contribution in [0.15, 0.2) is 5.16 Å². The molecule has 0 radical (unpaired) electrons. The summed E-state index contributed by atoms with van der Waals surface area (Å²) in [4.78, 5) is 11.1.